The third-order valence-corrected chi connectivity index (χ3v) is 4.23. The molecule has 2 heterocycles. The van der Waals surface area contributed by atoms with E-state index in [9.17, 15) is 9.59 Å². The summed E-state index contributed by atoms with van der Waals surface area (Å²) in [5.41, 5.74) is 1.69. The fraction of sp³-hybridized carbons (Fsp3) is 0.294. The molecule has 0 spiro atoms. The number of ether oxygens (including phenoxy) is 1. The first-order valence-electron chi connectivity index (χ1n) is 7.48. The minimum Gasteiger partial charge on any atom is -0.496 e. The summed E-state index contributed by atoms with van der Waals surface area (Å²) in [7, 11) is 1.47. The van der Waals surface area contributed by atoms with Gasteiger partial charge < -0.3 is 14.6 Å². The van der Waals surface area contributed by atoms with Crippen LogP contribution in [0.3, 0.4) is 0 Å². The number of hydrogen-bond acceptors (Lipinski definition) is 3. The van der Waals surface area contributed by atoms with Crippen LogP contribution in [0.5, 0.6) is 5.75 Å². The highest BCUT2D eigenvalue weighted by Crippen LogP contribution is 2.26. The van der Waals surface area contributed by atoms with Crippen LogP contribution in [0.25, 0.3) is 0 Å². The number of benzene rings is 1. The van der Waals surface area contributed by atoms with Crippen molar-refractivity contribution in [2.24, 2.45) is 0 Å². The number of carbonyl (C=O) groups excluding carboxylic acids is 1. The molecule has 23 heavy (non-hydrogen) atoms. The van der Waals surface area contributed by atoms with Crippen molar-refractivity contribution in [3.63, 3.8) is 0 Å². The van der Waals surface area contributed by atoms with Crippen molar-refractivity contribution in [1.82, 2.24) is 4.57 Å². The summed E-state index contributed by atoms with van der Waals surface area (Å²) in [4.78, 5) is 24.9. The van der Waals surface area contributed by atoms with Crippen LogP contribution in [-0.2, 0) is 13.0 Å². The van der Waals surface area contributed by atoms with Crippen molar-refractivity contribution in [2.45, 2.75) is 25.8 Å². The minimum absolute atomic E-state index is 0.125. The maximum absolute atomic E-state index is 12.7. The number of methoxy groups -OCH3 is 1. The van der Waals surface area contributed by atoms with Gasteiger partial charge >= 0.3 is 0 Å². The van der Waals surface area contributed by atoms with Crippen LogP contribution in [0.4, 0.5) is 5.69 Å². The van der Waals surface area contributed by atoms with Crippen LogP contribution < -0.4 is 15.6 Å². The molecule has 0 fully saturated rings. The smallest absolute Gasteiger partial charge is 0.261 e. The number of aromatic nitrogens is 1. The molecule has 0 saturated carbocycles. The third kappa shape index (κ3) is 3.10. The fourth-order valence-corrected chi connectivity index (χ4v) is 3.00. The van der Waals surface area contributed by atoms with E-state index in [0.717, 1.165) is 18.5 Å². The molecular weight excluding hydrogens is 316 g/mol. The van der Waals surface area contributed by atoms with E-state index in [1.165, 1.54) is 13.2 Å². The molecule has 1 N–H and O–H groups in total. The second kappa shape index (κ2) is 6.46. The summed E-state index contributed by atoms with van der Waals surface area (Å²) in [6, 6.07) is 8.26. The van der Waals surface area contributed by atoms with E-state index >= 15 is 0 Å². The zero-order valence-electron chi connectivity index (χ0n) is 12.8. The molecule has 1 aliphatic heterocycles. The van der Waals surface area contributed by atoms with Crippen molar-refractivity contribution < 1.29 is 9.53 Å². The second-order valence-corrected chi connectivity index (χ2v) is 5.88. The number of halogens is 1. The van der Waals surface area contributed by atoms with Crippen molar-refractivity contribution in [1.29, 1.82) is 0 Å². The monoisotopic (exact) mass is 332 g/mol. The third-order valence-electron chi connectivity index (χ3n) is 3.98. The van der Waals surface area contributed by atoms with Gasteiger partial charge in [0.1, 0.15) is 11.3 Å². The Kier molecular flexibility index (Phi) is 4.39. The Labute approximate surface area is 138 Å². The molecule has 0 saturated heterocycles. The summed E-state index contributed by atoms with van der Waals surface area (Å²) >= 11 is 5.85. The number of rotatable bonds is 3. The molecule has 3 rings (SSSR count). The van der Waals surface area contributed by atoms with Gasteiger partial charge in [0.25, 0.3) is 11.5 Å². The van der Waals surface area contributed by atoms with Gasteiger partial charge in [-0.25, -0.2) is 0 Å². The number of pyridine rings is 1. The van der Waals surface area contributed by atoms with Crippen molar-refractivity contribution in [3.8, 4) is 5.75 Å². The van der Waals surface area contributed by atoms with Gasteiger partial charge in [-0.1, -0.05) is 11.6 Å². The Morgan fingerprint density at radius 1 is 1.26 bits per heavy atom. The summed E-state index contributed by atoms with van der Waals surface area (Å²) in [6.07, 6.45) is 2.58. The quantitative estimate of drug-likeness (QED) is 0.939. The molecular formula is C17H17ClN2O3. The first kappa shape index (κ1) is 15.6. The molecule has 0 atom stereocenters. The van der Waals surface area contributed by atoms with E-state index in [4.69, 9.17) is 16.3 Å². The predicted octanol–water partition coefficient (Wildman–Crippen LogP) is 3.10. The lowest BCUT2D eigenvalue weighted by atomic mass is 10.0. The molecule has 1 amide bonds. The van der Waals surface area contributed by atoms with Gasteiger partial charge in [0.2, 0.25) is 0 Å². The molecule has 5 nitrogen and oxygen atoms in total. The lowest BCUT2D eigenvalue weighted by Gasteiger charge is -2.22. The average molecular weight is 333 g/mol. The molecule has 2 aromatic rings. The lowest BCUT2D eigenvalue weighted by Crippen LogP contribution is -2.30. The van der Waals surface area contributed by atoms with Gasteiger partial charge in [-0.2, -0.15) is 0 Å². The standard InChI is InChI=1S/C17H17ClN2O3/c1-23-14-10-15(21)20-9-3-2-4-13(20)16(14)17(22)19-12-7-5-11(18)6-8-12/h5-8,10H,2-4,9H2,1H3,(H,19,22). The van der Waals surface area contributed by atoms with Gasteiger partial charge in [-0.05, 0) is 43.5 Å². The predicted molar refractivity (Wildman–Crippen MR) is 89.6 cm³/mol. The molecule has 120 valence electrons. The zero-order chi connectivity index (χ0) is 16.4. The van der Waals surface area contributed by atoms with Crippen LogP contribution in [0, 0.1) is 0 Å². The second-order valence-electron chi connectivity index (χ2n) is 5.44. The fourth-order valence-electron chi connectivity index (χ4n) is 2.87. The van der Waals surface area contributed by atoms with E-state index < -0.39 is 0 Å². The lowest BCUT2D eigenvalue weighted by molar-refractivity contribution is 0.102. The number of fused-ring (bicyclic) bond motifs is 1. The van der Waals surface area contributed by atoms with Crippen LogP contribution in [0.15, 0.2) is 35.1 Å². The normalized spacial score (nSPS) is 13.3. The van der Waals surface area contributed by atoms with Crippen LogP contribution >= 0.6 is 11.6 Å². The first-order valence-corrected chi connectivity index (χ1v) is 7.85. The zero-order valence-corrected chi connectivity index (χ0v) is 13.5. The minimum atomic E-state index is -0.283. The van der Waals surface area contributed by atoms with Gasteiger partial charge in [0, 0.05) is 29.0 Å². The molecule has 0 radical (unpaired) electrons. The highest BCUT2D eigenvalue weighted by Gasteiger charge is 2.24. The molecule has 1 aromatic heterocycles. The van der Waals surface area contributed by atoms with Gasteiger partial charge in [0.05, 0.1) is 7.11 Å². The Morgan fingerprint density at radius 3 is 2.70 bits per heavy atom. The SMILES string of the molecule is COc1cc(=O)n2c(c1C(=O)Nc1ccc(Cl)cc1)CCCC2. The van der Waals surface area contributed by atoms with Gasteiger partial charge in [0.15, 0.2) is 0 Å². The van der Waals surface area contributed by atoms with E-state index in [0.29, 0.717) is 35.0 Å². The van der Waals surface area contributed by atoms with E-state index in [2.05, 4.69) is 5.32 Å². The number of hydrogen-bond donors (Lipinski definition) is 1. The molecule has 6 heteroatoms. The Balaban J connectivity index is 2.02. The number of carbonyl (C=O) groups is 1. The number of amides is 1. The highest BCUT2D eigenvalue weighted by molar-refractivity contribution is 6.30. The number of anilines is 1. The molecule has 1 aromatic carbocycles. The van der Waals surface area contributed by atoms with E-state index in [-0.39, 0.29) is 11.5 Å². The average Bonchev–Trinajstić information content (AvgIpc) is 2.56. The van der Waals surface area contributed by atoms with Crippen LogP contribution in [0.1, 0.15) is 28.9 Å². The summed E-state index contributed by atoms with van der Waals surface area (Å²) in [5, 5.41) is 3.44. The van der Waals surface area contributed by atoms with Crippen molar-refractivity contribution in [2.75, 3.05) is 12.4 Å². The topological polar surface area (TPSA) is 60.3 Å². The highest BCUT2D eigenvalue weighted by atomic mass is 35.5. The van der Waals surface area contributed by atoms with Gasteiger partial charge in [-0.15, -0.1) is 0 Å². The van der Waals surface area contributed by atoms with Crippen molar-refractivity contribution in [3.05, 3.63) is 57.0 Å². The Hall–Kier alpha value is -2.27. The summed E-state index contributed by atoms with van der Waals surface area (Å²) in [6.45, 7) is 0.638. The maximum Gasteiger partial charge on any atom is 0.261 e. The molecule has 0 unspecified atom stereocenters. The summed E-state index contributed by atoms with van der Waals surface area (Å²) in [5.74, 6) is 0.0319. The van der Waals surface area contributed by atoms with E-state index in [1.54, 1.807) is 28.8 Å². The van der Waals surface area contributed by atoms with Gasteiger partial charge in [-0.3, -0.25) is 9.59 Å². The Bertz CT molecular complexity index is 797. The molecule has 0 aliphatic carbocycles. The first-order chi connectivity index (χ1) is 11.1. The maximum atomic E-state index is 12.7. The number of nitrogens with one attached hydrogen (secondary N) is 1. The Morgan fingerprint density at radius 2 is 2.00 bits per heavy atom. The van der Waals surface area contributed by atoms with Crippen molar-refractivity contribution >= 4 is 23.2 Å². The van der Waals surface area contributed by atoms with Crippen LogP contribution in [0.2, 0.25) is 5.02 Å². The molecule has 1 aliphatic rings. The van der Waals surface area contributed by atoms with E-state index in [1.807, 2.05) is 0 Å². The van der Waals surface area contributed by atoms with Crippen LogP contribution in [-0.4, -0.2) is 17.6 Å². The summed E-state index contributed by atoms with van der Waals surface area (Å²) < 4.78 is 6.94. The molecule has 0 bridgehead atoms. The number of nitrogens with zero attached hydrogens (tertiary/aromatic N) is 1. The largest absolute Gasteiger partial charge is 0.496 e.